The van der Waals surface area contributed by atoms with Gasteiger partial charge >= 0.3 is 0 Å². The molecule has 1 fully saturated rings. The molecular formula is C17H15ClN2O2. The van der Waals surface area contributed by atoms with E-state index in [0.29, 0.717) is 17.3 Å². The normalized spacial score (nSPS) is 17.9. The Balaban J connectivity index is 1.73. The van der Waals surface area contributed by atoms with Crippen LogP contribution in [0.15, 0.2) is 54.6 Å². The summed E-state index contributed by atoms with van der Waals surface area (Å²) < 4.78 is 0. The minimum absolute atomic E-state index is 0.150. The molecule has 2 aromatic carbocycles. The maximum atomic E-state index is 12.4. The monoisotopic (exact) mass is 314 g/mol. The number of hydrogen-bond donors (Lipinski definition) is 1. The van der Waals surface area contributed by atoms with Crippen LogP contribution in [-0.2, 0) is 16.1 Å². The molecule has 0 saturated carbocycles. The molecule has 2 aromatic rings. The van der Waals surface area contributed by atoms with Crippen LogP contribution in [0.4, 0.5) is 5.69 Å². The molecule has 0 aromatic heterocycles. The predicted octanol–water partition coefficient (Wildman–Crippen LogP) is 3.08. The van der Waals surface area contributed by atoms with Crippen molar-refractivity contribution in [2.24, 2.45) is 0 Å². The standard InChI is InChI=1S/C17H15ClN2O2/c18-13-8-4-5-9-14(13)19-15-10-16(21)20(17(15)22)11-12-6-2-1-3-7-12/h1-9,15,19H,10-11H2. The fourth-order valence-electron chi connectivity index (χ4n) is 2.49. The van der Waals surface area contributed by atoms with Gasteiger partial charge in [0.05, 0.1) is 23.7 Å². The maximum Gasteiger partial charge on any atom is 0.252 e. The van der Waals surface area contributed by atoms with Gasteiger partial charge in [0.25, 0.3) is 5.91 Å². The van der Waals surface area contributed by atoms with Crippen LogP contribution >= 0.6 is 11.6 Å². The van der Waals surface area contributed by atoms with Crippen molar-refractivity contribution < 1.29 is 9.59 Å². The Morgan fingerprint density at radius 3 is 2.45 bits per heavy atom. The minimum Gasteiger partial charge on any atom is -0.372 e. The van der Waals surface area contributed by atoms with Gasteiger partial charge in [0.1, 0.15) is 6.04 Å². The molecule has 1 saturated heterocycles. The molecule has 1 aliphatic rings. The molecule has 1 N–H and O–H groups in total. The van der Waals surface area contributed by atoms with E-state index >= 15 is 0 Å². The van der Waals surface area contributed by atoms with Crippen molar-refractivity contribution in [3.63, 3.8) is 0 Å². The van der Waals surface area contributed by atoms with Crippen LogP contribution in [0.25, 0.3) is 0 Å². The van der Waals surface area contributed by atoms with Gasteiger partial charge < -0.3 is 5.32 Å². The molecule has 3 rings (SSSR count). The van der Waals surface area contributed by atoms with E-state index in [0.717, 1.165) is 5.56 Å². The summed E-state index contributed by atoms with van der Waals surface area (Å²) in [5.74, 6) is -0.382. The van der Waals surface area contributed by atoms with Crippen LogP contribution in [0.2, 0.25) is 5.02 Å². The van der Waals surface area contributed by atoms with Crippen LogP contribution in [0, 0.1) is 0 Å². The third-order valence-electron chi connectivity index (χ3n) is 3.63. The first-order valence-corrected chi connectivity index (χ1v) is 7.42. The summed E-state index contributed by atoms with van der Waals surface area (Å²) in [7, 11) is 0. The smallest absolute Gasteiger partial charge is 0.252 e. The average molecular weight is 315 g/mol. The Morgan fingerprint density at radius 2 is 1.73 bits per heavy atom. The summed E-state index contributed by atoms with van der Waals surface area (Å²) in [6.07, 6.45) is 0.150. The first-order valence-electron chi connectivity index (χ1n) is 7.04. The van der Waals surface area contributed by atoms with Gasteiger partial charge in [-0.1, -0.05) is 54.1 Å². The van der Waals surface area contributed by atoms with Gasteiger partial charge in [0.2, 0.25) is 5.91 Å². The van der Waals surface area contributed by atoms with Crippen molar-refractivity contribution in [3.05, 3.63) is 65.2 Å². The van der Waals surface area contributed by atoms with E-state index in [1.54, 1.807) is 12.1 Å². The zero-order chi connectivity index (χ0) is 15.5. The zero-order valence-electron chi connectivity index (χ0n) is 11.8. The molecular weight excluding hydrogens is 300 g/mol. The third-order valence-corrected chi connectivity index (χ3v) is 3.96. The maximum absolute atomic E-state index is 12.4. The van der Waals surface area contributed by atoms with Gasteiger partial charge in [0, 0.05) is 0 Å². The number of para-hydroxylation sites is 1. The molecule has 1 heterocycles. The van der Waals surface area contributed by atoms with Crippen LogP contribution in [0.5, 0.6) is 0 Å². The van der Waals surface area contributed by atoms with Crippen molar-refractivity contribution in [2.45, 2.75) is 19.0 Å². The van der Waals surface area contributed by atoms with Gasteiger partial charge in [-0.25, -0.2) is 0 Å². The molecule has 0 spiro atoms. The fraction of sp³-hybridized carbons (Fsp3) is 0.176. The fourth-order valence-corrected chi connectivity index (χ4v) is 2.68. The predicted molar refractivity (Wildman–Crippen MR) is 85.5 cm³/mol. The number of nitrogens with zero attached hydrogens (tertiary/aromatic N) is 1. The van der Waals surface area contributed by atoms with Crippen LogP contribution in [-0.4, -0.2) is 22.8 Å². The lowest BCUT2D eigenvalue weighted by Crippen LogP contribution is -2.34. The highest BCUT2D eigenvalue weighted by Crippen LogP contribution is 2.25. The van der Waals surface area contributed by atoms with Gasteiger partial charge in [-0.15, -0.1) is 0 Å². The van der Waals surface area contributed by atoms with Gasteiger partial charge in [-0.05, 0) is 17.7 Å². The second-order valence-corrected chi connectivity index (χ2v) is 5.59. The summed E-state index contributed by atoms with van der Waals surface area (Å²) in [5, 5.41) is 3.59. The second-order valence-electron chi connectivity index (χ2n) is 5.18. The summed E-state index contributed by atoms with van der Waals surface area (Å²) in [5.41, 5.74) is 1.60. The minimum atomic E-state index is -0.559. The van der Waals surface area contributed by atoms with Crippen molar-refractivity contribution in [1.29, 1.82) is 0 Å². The summed E-state index contributed by atoms with van der Waals surface area (Å²) >= 11 is 6.08. The van der Waals surface area contributed by atoms with Gasteiger partial charge in [0.15, 0.2) is 0 Å². The highest BCUT2D eigenvalue weighted by Gasteiger charge is 2.38. The molecule has 112 valence electrons. The Kier molecular flexibility index (Phi) is 4.11. The average Bonchev–Trinajstić information content (AvgIpc) is 2.78. The van der Waals surface area contributed by atoms with Crippen LogP contribution in [0.1, 0.15) is 12.0 Å². The van der Waals surface area contributed by atoms with E-state index in [1.807, 2.05) is 42.5 Å². The van der Waals surface area contributed by atoms with E-state index < -0.39 is 6.04 Å². The number of amides is 2. The van der Waals surface area contributed by atoms with Crippen LogP contribution < -0.4 is 5.32 Å². The third kappa shape index (κ3) is 2.97. The van der Waals surface area contributed by atoms with Crippen molar-refractivity contribution >= 4 is 29.1 Å². The first-order chi connectivity index (χ1) is 10.6. The number of imide groups is 1. The van der Waals surface area contributed by atoms with E-state index in [1.165, 1.54) is 4.90 Å². The Bertz CT molecular complexity index is 703. The molecule has 2 amide bonds. The lowest BCUT2D eigenvalue weighted by atomic mass is 10.2. The number of carbonyl (C=O) groups is 2. The Hall–Kier alpha value is -2.33. The largest absolute Gasteiger partial charge is 0.372 e. The number of nitrogens with one attached hydrogen (secondary N) is 1. The molecule has 1 unspecified atom stereocenters. The summed E-state index contributed by atoms with van der Waals surface area (Å²) in [6, 6.07) is 16.1. The molecule has 4 nitrogen and oxygen atoms in total. The SMILES string of the molecule is O=C1CC(Nc2ccccc2Cl)C(=O)N1Cc1ccccc1. The van der Waals surface area contributed by atoms with Crippen LogP contribution in [0.3, 0.4) is 0 Å². The number of likely N-dealkylation sites (tertiary alicyclic amines) is 1. The Morgan fingerprint density at radius 1 is 1.05 bits per heavy atom. The number of hydrogen-bond acceptors (Lipinski definition) is 3. The molecule has 1 aliphatic heterocycles. The van der Waals surface area contributed by atoms with Crippen molar-refractivity contribution in [2.75, 3.05) is 5.32 Å². The van der Waals surface area contributed by atoms with E-state index in [9.17, 15) is 9.59 Å². The highest BCUT2D eigenvalue weighted by molar-refractivity contribution is 6.33. The number of benzene rings is 2. The summed E-state index contributed by atoms with van der Waals surface area (Å²) in [6.45, 7) is 0.305. The van der Waals surface area contributed by atoms with Gasteiger partial charge in [-0.3, -0.25) is 14.5 Å². The first kappa shape index (κ1) is 14.6. The zero-order valence-corrected chi connectivity index (χ0v) is 12.6. The number of carbonyl (C=O) groups excluding carboxylic acids is 2. The molecule has 1 atom stereocenters. The molecule has 5 heteroatoms. The van der Waals surface area contributed by atoms with E-state index in [2.05, 4.69) is 5.32 Å². The highest BCUT2D eigenvalue weighted by atomic mass is 35.5. The Labute approximate surface area is 133 Å². The summed E-state index contributed by atoms with van der Waals surface area (Å²) in [4.78, 5) is 25.8. The number of halogens is 1. The topological polar surface area (TPSA) is 49.4 Å². The lowest BCUT2D eigenvalue weighted by Gasteiger charge is -2.16. The number of rotatable bonds is 4. The lowest BCUT2D eigenvalue weighted by molar-refractivity contribution is -0.139. The van der Waals surface area contributed by atoms with Gasteiger partial charge in [-0.2, -0.15) is 0 Å². The van der Waals surface area contributed by atoms with E-state index in [4.69, 9.17) is 11.6 Å². The van der Waals surface area contributed by atoms with Crippen molar-refractivity contribution in [1.82, 2.24) is 4.90 Å². The molecule has 0 aliphatic carbocycles. The number of anilines is 1. The second kappa shape index (κ2) is 6.20. The quantitative estimate of drug-likeness (QED) is 0.882. The molecule has 0 radical (unpaired) electrons. The van der Waals surface area contributed by atoms with Crippen molar-refractivity contribution in [3.8, 4) is 0 Å². The molecule has 0 bridgehead atoms. The molecule has 22 heavy (non-hydrogen) atoms. The van der Waals surface area contributed by atoms with E-state index in [-0.39, 0.29) is 18.2 Å².